The average molecular weight is 621 g/mol. The van der Waals surface area contributed by atoms with Gasteiger partial charge in [0.05, 0.1) is 0 Å². The van der Waals surface area contributed by atoms with Crippen LogP contribution >= 0.6 is 0 Å². The molecule has 0 N–H and O–H groups in total. The van der Waals surface area contributed by atoms with E-state index in [2.05, 4.69) is 78.6 Å². The van der Waals surface area contributed by atoms with E-state index in [1.807, 2.05) is 25.2 Å². The van der Waals surface area contributed by atoms with Crippen molar-refractivity contribution in [1.82, 2.24) is 0 Å². The van der Waals surface area contributed by atoms with Crippen LogP contribution in [0, 0.1) is 0 Å². The van der Waals surface area contributed by atoms with Crippen LogP contribution in [0.5, 0.6) is 5.75 Å². The maximum absolute atomic E-state index is 13.6. The lowest BCUT2D eigenvalue weighted by atomic mass is 9.97. The molecule has 0 bridgehead atoms. The number of carbonyl (C=O) groups is 1. The second-order valence-corrected chi connectivity index (χ2v) is 38.2. The second kappa shape index (κ2) is 11.7. The number of Topliss-reactive ketones (excluding diaryl/α,β-unsaturated/α-hetero) is 1. The molecule has 1 rings (SSSR count). The molecule has 0 amide bonds. The van der Waals surface area contributed by atoms with Crippen molar-refractivity contribution >= 4 is 56.7 Å². The smallest absolute Gasteiger partial charge is 0.502 e. The van der Waals surface area contributed by atoms with E-state index in [0.29, 0.717) is 11.3 Å². The number of rotatable bonds is 14. The van der Waals surface area contributed by atoms with Crippen LogP contribution in [0.25, 0.3) is 0 Å². The number of benzene rings is 1. The van der Waals surface area contributed by atoms with E-state index in [-0.39, 0.29) is 5.78 Å². The topological polar surface area (TPSA) is 72.5 Å². The Morgan fingerprint density at radius 3 is 1.22 bits per heavy atom. The molecule has 0 fully saturated rings. The van der Waals surface area contributed by atoms with Gasteiger partial charge in [-0.1, -0.05) is 0 Å². The molecule has 0 spiro atoms. The number of hydrogen-bond donors (Lipinski definition) is 0. The molecule has 0 radical (unpaired) electrons. The molecule has 37 heavy (non-hydrogen) atoms. The van der Waals surface area contributed by atoms with Crippen LogP contribution in [-0.2, 0) is 20.9 Å². The summed E-state index contributed by atoms with van der Waals surface area (Å²) in [5.41, 5.74) is -0.580. The Morgan fingerprint density at radius 1 is 0.568 bits per heavy atom. The molecule has 13 heteroatoms. The monoisotopic (exact) mass is 620 g/mol. The highest BCUT2D eigenvalue weighted by atomic mass is 28.5. The van der Waals surface area contributed by atoms with E-state index in [1.54, 1.807) is 26.0 Å². The number of carbonyl (C=O) groups excluding carboxylic acids is 1. The molecule has 0 aliphatic rings. The third kappa shape index (κ3) is 13.6. The summed E-state index contributed by atoms with van der Waals surface area (Å²) in [6, 6.07) is 7.17. The van der Waals surface area contributed by atoms with Crippen LogP contribution in [0.15, 0.2) is 24.3 Å². The Morgan fingerprint density at radius 2 is 0.892 bits per heavy atom. The highest BCUT2D eigenvalue weighted by molar-refractivity contribution is 6.86. The maximum Gasteiger partial charge on any atom is 0.541 e. The lowest BCUT2D eigenvalue weighted by Crippen LogP contribution is -2.59. The third-order valence-corrected chi connectivity index (χ3v) is 21.6. The molecule has 0 heterocycles. The summed E-state index contributed by atoms with van der Waals surface area (Å²) in [6.07, 6.45) is 0. The molecular weight excluding hydrogens is 569 g/mol. The summed E-state index contributed by atoms with van der Waals surface area (Å²) in [5, 5.41) is 0. The minimum absolute atomic E-state index is 0.132. The largest absolute Gasteiger partial charge is 0.541 e. The molecule has 0 saturated heterocycles. The molecule has 0 aliphatic carbocycles. The molecule has 0 saturated carbocycles. The Labute approximate surface area is 232 Å². The van der Waals surface area contributed by atoms with Crippen LogP contribution in [0.1, 0.15) is 24.2 Å². The van der Waals surface area contributed by atoms with E-state index in [9.17, 15) is 4.79 Å². The van der Waals surface area contributed by atoms with Crippen molar-refractivity contribution in [2.45, 2.75) is 111 Å². The molecule has 1 aromatic carbocycles. The first-order valence-electron chi connectivity index (χ1n) is 13.0. The van der Waals surface area contributed by atoms with Gasteiger partial charge < -0.3 is 25.3 Å². The second-order valence-electron chi connectivity index (χ2n) is 14.2. The van der Waals surface area contributed by atoms with Crippen LogP contribution in [-0.4, -0.2) is 62.3 Å². The fraction of sp³-hybridized carbons (Fsp3) is 0.708. The highest BCUT2D eigenvalue weighted by Crippen LogP contribution is 2.30. The Hall–Kier alpha value is -0.209. The van der Waals surface area contributed by atoms with Crippen molar-refractivity contribution < 1.29 is 30.1 Å². The first kappa shape index (κ1) is 34.8. The van der Waals surface area contributed by atoms with Gasteiger partial charge >= 0.3 is 17.6 Å². The quantitative estimate of drug-likeness (QED) is 0.157. The molecule has 7 nitrogen and oxygen atoms in total. The summed E-state index contributed by atoms with van der Waals surface area (Å²) in [5.74, 6) is 0.497. The molecule has 0 unspecified atom stereocenters. The first-order valence-corrected chi connectivity index (χ1v) is 31.1. The van der Waals surface area contributed by atoms with Gasteiger partial charge in [-0.3, -0.25) is 4.79 Å². The zero-order valence-electron chi connectivity index (χ0n) is 26.2. The van der Waals surface area contributed by atoms with E-state index in [1.165, 1.54) is 0 Å². The van der Waals surface area contributed by atoms with Crippen LogP contribution in [0.2, 0.25) is 91.7 Å². The predicted molar refractivity (Wildman–Crippen MR) is 168 cm³/mol. The minimum atomic E-state index is -3.08. The maximum atomic E-state index is 13.6. The van der Waals surface area contributed by atoms with Gasteiger partial charge in [-0.15, -0.1) is 0 Å². The summed E-state index contributed by atoms with van der Waals surface area (Å²) >= 11 is 0. The van der Waals surface area contributed by atoms with E-state index >= 15 is 0 Å². The van der Waals surface area contributed by atoms with Crippen LogP contribution in [0.4, 0.5) is 0 Å². The Kier molecular flexibility index (Phi) is 11.0. The Bertz CT molecular complexity index is 878. The summed E-state index contributed by atoms with van der Waals surface area (Å²) in [6.45, 7) is 32.9. The normalized spacial score (nSPS) is 14.6. The van der Waals surface area contributed by atoms with E-state index in [4.69, 9.17) is 25.3 Å². The molecule has 0 atom stereocenters. The fourth-order valence-corrected chi connectivity index (χ4v) is 25.2. The molecular formula is C24H52O7Si6. The van der Waals surface area contributed by atoms with Gasteiger partial charge in [-0.25, -0.2) is 0 Å². The van der Waals surface area contributed by atoms with Crippen LogP contribution in [0.3, 0.4) is 0 Å². The summed E-state index contributed by atoms with van der Waals surface area (Å²) in [4.78, 5) is 13.6. The van der Waals surface area contributed by atoms with Crippen LogP contribution < -0.4 is 4.43 Å². The number of hydrogen-bond acceptors (Lipinski definition) is 7. The van der Waals surface area contributed by atoms with Crippen molar-refractivity contribution in [3.63, 3.8) is 0 Å². The van der Waals surface area contributed by atoms with Gasteiger partial charge in [-0.05, 0) is 117 Å². The minimum Gasteiger partial charge on any atom is -0.502 e. The molecule has 0 aromatic heterocycles. The zero-order valence-corrected chi connectivity index (χ0v) is 32.2. The predicted octanol–water partition coefficient (Wildman–Crippen LogP) is 7.59. The molecule has 214 valence electrons. The standard InChI is InChI=1S/C24H52O7Si6/c1-24(2,27-37(16,30-34(9,10)11)31-35(12,13)14)23(25)21-17-19-22(20-18-21)26-36(15,28-32(3,4)5)29-33(6,7)8/h17-20H,1-16H3. The summed E-state index contributed by atoms with van der Waals surface area (Å²) in [7, 11) is -13.8. The van der Waals surface area contributed by atoms with Gasteiger partial charge in [0.2, 0.25) is 0 Å². The van der Waals surface area contributed by atoms with Gasteiger partial charge in [0, 0.05) is 18.7 Å². The van der Waals surface area contributed by atoms with Crippen molar-refractivity contribution in [1.29, 1.82) is 0 Å². The van der Waals surface area contributed by atoms with Gasteiger partial charge in [0.25, 0.3) is 0 Å². The first-order chi connectivity index (χ1) is 16.1. The van der Waals surface area contributed by atoms with E-state index in [0.717, 1.165) is 0 Å². The average Bonchev–Trinajstić information content (AvgIpc) is 2.53. The van der Waals surface area contributed by atoms with Crippen molar-refractivity contribution in [3.8, 4) is 5.75 Å². The van der Waals surface area contributed by atoms with Crippen molar-refractivity contribution in [2.75, 3.05) is 0 Å². The SMILES string of the molecule is CC(C)(O[Si](C)(O[Si](C)(C)C)O[Si](C)(C)C)C(=O)c1ccc(O[Si](C)(O[Si](C)(C)C)O[Si](C)(C)C)cc1. The van der Waals surface area contributed by atoms with Crippen molar-refractivity contribution in [3.05, 3.63) is 29.8 Å². The van der Waals surface area contributed by atoms with Gasteiger partial charge in [0.15, 0.2) is 39.1 Å². The fourth-order valence-electron chi connectivity index (χ4n) is 4.10. The lowest BCUT2D eigenvalue weighted by Gasteiger charge is -2.41. The molecule has 1 aromatic rings. The Balaban J connectivity index is 3.18. The summed E-state index contributed by atoms with van der Waals surface area (Å²) < 4.78 is 38.6. The van der Waals surface area contributed by atoms with Gasteiger partial charge in [-0.2, -0.15) is 0 Å². The molecule has 0 aliphatic heterocycles. The van der Waals surface area contributed by atoms with Crippen molar-refractivity contribution in [2.24, 2.45) is 0 Å². The van der Waals surface area contributed by atoms with Gasteiger partial charge in [0.1, 0.15) is 11.4 Å². The lowest BCUT2D eigenvalue weighted by molar-refractivity contribution is 0.0313. The zero-order chi connectivity index (χ0) is 29.3. The van der Waals surface area contributed by atoms with E-state index < -0.39 is 56.5 Å². The third-order valence-electron chi connectivity index (χ3n) is 4.37. The highest BCUT2D eigenvalue weighted by Gasteiger charge is 2.49. The number of ketones is 1.